The fraction of sp³-hybridized carbons (Fsp3) is 0.0645. The number of fused-ring (bicyclic) bond motifs is 9. The van der Waals surface area contributed by atoms with Crippen LogP contribution < -0.4 is 0 Å². The smallest absolute Gasteiger partial charge is 0.160 e. The first kappa shape index (κ1) is 37.4. The van der Waals surface area contributed by atoms with Gasteiger partial charge in [-0.15, -0.1) is 0 Å². The molecular formula is C62H42N2O. The molecule has 3 nitrogen and oxygen atoms in total. The van der Waals surface area contributed by atoms with Crippen molar-refractivity contribution in [2.45, 2.75) is 24.7 Å². The highest BCUT2D eigenvalue weighted by atomic mass is 16.3. The van der Waals surface area contributed by atoms with E-state index in [1.807, 2.05) is 12.1 Å². The van der Waals surface area contributed by atoms with Crippen molar-refractivity contribution in [2.75, 3.05) is 0 Å². The summed E-state index contributed by atoms with van der Waals surface area (Å²) in [5.74, 6) is 0.701. The van der Waals surface area contributed by atoms with E-state index in [1.165, 1.54) is 55.6 Å². The Morgan fingerprint density at radius 2 is 0.862 bits per heavy atom. The SMILES string of the molecule is CC1(C)c2ccccc2-c2ccc(-c3nc(-c4ccc(-c5cccc6oc7ccccc7c56)cc4)cc(-c4ccc5c(c4)C(c4ccccc4)(c4ccccc4)c4ccccc4-5)n3)cc21. The summed E-state index contributed by atoms with van der Waals surface area (Å²) in [5, 5.41) is 2.25. The van der Waals surface area contributed by atoms with E-state index in [9.17, 15) is 0 Å². The average Bonchev–Trinajstić information content (AvgIpc) is 3.98. The minimum atomic E-state index is -0.525. The van der Waals surface area contributed by atoms with Crippen LogP contribution in [-0.2, 0) is 10.8 Å². The first-order chi connectivity index (χ1) is 32.0. The van der Waals surface area contributed by atoms with Gasteiger partial charge in [-0.2, -0.15) is 0 Å². The van der Waals surface area contributed by atoms with Crippen LogP contribution in [0, 0.1) is 0 Å². The largest absolute Gasteiger partial charge is 0.456 e. The van der Waals surface area contributed by atoms with Crippen LogP contribution in [0.15, 0.2) is 223 Å². The van der Waals surface area contributed by atoms with Crippen LogP contribution in [-0.4, -0.2) is 9.97 Å². The van der Waals surface area contributed by atoms with Crippen molar-refractivity contribution < 1.29 is 4.42 Å². The summed E-state index contributed by atoms with van der Waals surface area (Å²) in [5.41, 5.74) is 20.9. The third kappa shape index (κ3) is 5.55. The summed E-state index contributed by atoms with van der Waals surface area (Å²) in [6.45, 7) is 4.65. The molecule has 0 atom stereocenters. The normalized spacial score (nSPS) is 13.9. The van der Waals surface area contributed by atoms with Gasteiger partial charge in [-0.1, -0.05) is 202 Å². The molecule has 2 aliphatic rings. The molecule has 0 bridgehead atoms. The Morgan fingerprint density at radius 3 is 1.60 bits per heavy atom. The van der Waals surface area contributed by atoms with Crippen LogP contribution in [0.5, 0.6) is 0 Å². The van der Waals surface area contributed by atoms with E-state index in [2.05, 4.69) is 220 Å². The number of aromatic nitrogens is 2. The van der Waals surface area contributed by atoms with Crippen LogP contribution in [0.2, 0.25) is 0 Å². The number of benzene rings is 9. The van der Waals surface area contributed by atoms with Crippen LogP contribution in [0.1, 0.15) is 47.2 Å². The zero-order valence-corrected chi connectivity index (χ0v) is 36.1. The Kier molecular flexibility index (Phi) is 8.17. The molecule has 2 aromatic heterocycles. The standard InChI is InChI=1S/C62H42N2O/c1-61(2)51-24-12-9-20-46(51)48-35-33-42(37-53(48)61)60-63-55(40-30-28-39(29-31-40)45-23-15-27-58-59(45)50-22-11-14-26-57(50)65-58)38-56(64-60)41-32-34-49-47-21-10-13-25-52(47)62(54(49)36-41,43-16-5-3-6-17-43)44-18-7-4-8-19-44/h3-38H,1-2H3. The number of hydrogen-bond donors (Lipinski definition) is 0. The predicted molar refractivity (Wildman–Crippen MR) is 266 cm³/mol. The first-order valence-corrected chi connectivity index (χ1v) is 22.5. The molecule has 2 heterocycles. The second kappa shape index (κ2) is 14.2. The topological polar surface area (TPSA) is 38.9 Å². The molecule has 11 aromatic rings. The molecule has 0 saturated carbocycles. The molecule has 0 radical (unpaired) electrons. The van der Waals surface area contributed by atoms with Crippen molar-refractivity contribution in [1.82, 2.24) is 9.97 Å². The van der Waals surface area contributed by atoms with Crippen LogP contribution in [0.25, 0.3) is 89.2 Å². The molecular weight excluding hydrogens is 789 g/mol. The van der Waals surface area contributed by atoms with E-state index >= 15 is 0 Å². The van der Waals surface area contributed by atoms with Gasteiger partial charge in [0.2, 0.25) is 0 Å². The van der Waals surface area contributed by atoms with Gasteiger partial charge in [0.15, 0.2) is 5.82 Å². The lowest BCUT2D eigenvalue weighted by Gasteiger charge is -2.34. The quantitative estimate of drug-likeness (QED) is 0.168. The van der Waals surface area contributed by atoms with Gasteiger partial charge in [0, 0.05) is 32.9 Å². The van der Waals surface area contributed by atoms with Gasteiger partial charge < -0.3 is 4.42 Å². The second-order valence-electron chi connectivity index (χ2n) is 18.0. The molecule has 65 heavy (non-hydrogen) atoms. The van der Waals surface area contributed by atoms with E-state index in [0.717, 1.165) is 61.1 Å². The minimum absolute atomic E-state index is 0.158. The lowest BCUT2D eigenvalue weighted by atomic mass is 9.67. The van der Waals surface area contributed by atoms with E-state index in [1.54, 1.807) is 0 Å². The Labute approximate surface area is 378 Å². The van der Waals surface area contributed by atoms with E-state index in [4.69, 9.17) is 14.4 Å². The van der Waals surface area contributed by atoms with E-state index in [-0.39, 0.29) is 5.41 Å². The minimum Gasteiger partial charge on any atom is -0.456 e. The number of furan rings is 1. The predicted octanol–water partition coefficient (Wildman–Crippen LogP) is 15.7. The maximum absolute atomic E-state index is 6.27. The summed E-state index contributed by atoms with van der Waals surface area (Å²) in [7, 11) is 0. The molecule has 306 valence electrons. The summed E-state index contributed by atoms with van der Waals surface area (Å²) in [6.07, 6.45) is 0. The monoisotopic (exact) mass is 830 g/mol. The molecule has 13 rings (SSSR count). The third-order valence-electron chi connectivity index (χ3n) is 14.2. The van der Waals surface area contributed by atoms with Crippen LogP contribution >= 0.6 is 0 Å². The van der Waals surface area contributed by atoms with Crippen molar-refractivity contribution in [1.29, 1.82) is 0 Å². The number of hydrogen-bond acceptors (Lipinski definition) is 3. The van der Waals surface area contributed by atoms with Crippen molar-refractivity contribution in [3.8, 4) is 67.3 Å². The molecule has 0 spiro atoms. The molecule has 3 heteroatoms. The molecule has 2 aliphatic carbocycles. The van der Waals surface area contributed by atoms with Crippen LogP contribution in [0.4, 0.5) is 0 Å². The molecule has 9 aromatic carbocycles. The van der Waals surface area contributed by atoms with Gasteiger partial charge in [0.25, 0.3) is 0 Å². The number of rotatable bonds is 6. The van der Waals surface area contributed by atoms with Gasteiger partial charge in [-0.05, 0) is 97.1 Å². The van der Waals surface area contributed by atoms with E-state index in [0.29, 0.717) is 5.82 Å². The fourth-order valence-corrected chi connectivity index (χ4v) is 11.2. The molecule has 0 fully saturated rings. The summed E-state index contributed by atoms with van der Waals surface area (Å²) < 4.78 is 6.27. The van der Waals surface area contributed by atoms with Gasteiger partial charge >= 0.3 is 0 Å². The Balaban J connectivity index is 1.00. The highest BCUT2D eigenvalue weighted by molar-refractivity contribution is 6.12. The zero-order chi connectivity index (χ0) is 43.3. The van der Waals surface area contributed by atoms with Gasteiger partial charge in [-0.25, -0.2) is 9.97 Å². The Hall–Kier alpha value is -8.14. The number of nitrogens with zero attached hydrogens (tertiary/aromatic N) is 2. The number of para-hydroxylation sites is 1. The molecule has 0 saturated heterocycles. The van der Waals surface area contributed by atoms with Crippen molar-refractivity contribution in [3.05, 3.63) is 252 Å². The molecule has 0 aliphatic heterocycles. The van der Waals surface area contributed by atoms with Gasteiger partial charge in [0.05, 0.1) is 16.8 Å². The molecule has 0 amide bonds. The van der Waals surface area contributed by atoms with E-state index < -0.39 is 5.41 Å². The van der Waals surface area contributed by atoms with Gasteiger partial charge in [-0.3, -0.25) is 0 Å². The highest BCUT2D eigenvalue weighted by Gasteiger charge is 2.46. The summed E-state index contributed by atoms with van der Waals surface area (Å²) >= 11 is 0. The average molecular weight is 831 g/mol. The highest BCUT2D eigenvalue weighted by Crippen LogP contribution is 2.57. The maximum Gasteiger partial charge on any atom is 0.160 e. The van der Waals surface area contributed by atoms with Gasteiger partial charge in [0.1, 0.15) is 11.2 Å². The second-order valence-corrected chi connectivity index (χ2v) is 18.0. The lowest BCUT2D eigenvalue weighted by molar-refractivity contribution is 0.660. The Morgan fingerprint density at radius 1 is 0.354 bits per heavy atom. The fourth-order valence-electron chi connectivity index (χ4n) is 11.2. The molecule has 0 unspecified atom stereocenters. The first-order valence-electron chi connectivity index (χ1n) is 22.5. The van der Waals surface area contributed by atoms with Crippen molar-refractivity contribution in [3.63, 3.8) is 0 Å². The lowest BCUT2D eigenvalue weighted by Crippen LogP contribution is -2.28. The van der Waals surface area contributed by atoms with Crippen molar-refractivity contribution in [2.24, 2.45) is 0 Å². The van der Waals surface area contributed by atoms with Crippen molar-refractivity contribution >= 4 is 21.9 Å². The Bertz CT molecular complexity index is 3640. The molecule has 0 N–H and O–H groups in total. The zero-order valence-electron chi connectivity index (χ0n) is 36.1. The maximum atomic E-state index is 6.27. The summed E-state index contributed by atoms with van der Waals surface area (Å²) in [4.78, 5) is 10.9. The summed E-state index contributed by atoms with van der Waals surface area (Å²) in [6, 6.07) is 79.0. The van der Waals surface area contributed by atoms with Crippen LogP contribution in [0.3, 0.4) is 0 Å². The third-order valence-corrected chi connectivity index (χ3v) is 14.2.